The fraction of sp³-hybridized carbons (Fsp3) is 0.857. The van der Waals surface area contributed by atoms with Crippen LogP contribution in [-0.4, -0.2) is 63.3 Å². The zero-order valence-electron chi connectivity index (χ0n) is 13.3. The quantitative estimate of drug-likeness (QED) is 0.598. The van der Waals surface area contributed by atoms with Crippen molar-refractivity contribution in [2.24, 2.45) is 5.92 Å². The summed E-state index contributed by atoms with van der Waals surface area (Å²) in [6.07, 6.45) is 0.266. The molecule has 0 heterocycles. The molecule has 20 heavy (non-hydrogen) atoms. The Morgan fingerprint density at radius 1 is 1.15 bits per heavy atom. The van der Waals surface area contributed by atoms with Crippen molar-refractivity contribution >= 4 is 11.9 Å². The van der Waals surface area contributed by atoms with Gasteiger partial charge in [-0.15, -0.1) is 0 Å². The van der Waals surface area contributed by atoms with E-state index in [1.807, 2.05) is 25.7 Å². The van der Waals surface area contributed by atoms with Crippen molar-refractivity contribution in [2.45, 2.75) is 33.2 Å². The maximum atomic E-state index is 12.1. The molecular formula is C14H28N2O4. The van der Waals surface area contributed by atoms with Crippen LogP contribution in [0.25, 0.3) is 0 Å². The minimum absolute atomic E-state index is 0.0281. The highest BCUT2D eigenvalue weighted by atomic mass is 16.5. The Hall–Kier alpha value is -1.14. The lowest BCUT2D eigenvalue weighted by Crippen LogP contribution is -2.47. The standard InChI is InChI=1S/C14H28N2O4/c1-11(2)10-15-14(18)12(3)16(8-9-19-4)7-6-13(17)20-5/h11-12H,6-10H2,1-5H3,(H,15,18). The molecule has 0 radical (unpaired) electrons. The Kier molecular flexibility index (Phi) is 10.0. The Bertz CT molecular complexity index is 295. The molecule has 0 aromatic carbocycles. The number of amides is 1. The van der Waals surface area contributed by atoms with Crippen LogP contribution in [0.1, 0.15) is 27.2 Å². The van der Waals surface area contributed by atoms with Crippen LogP contribution in [0.3, 0.4) is 0 Å². The number of hydrogen-bond donors (Lipinski definition) is 1. The van der Waals surface area contributed by atoms with Crippen molar-refractivity contribution in [3.8, 4) is 0 Å². The molecule has 0 bridgehead atoms. The van der Waals surface area contributed by atoms with Gasteiger partial charge in [0.1, 0.15) is 0 Å². The number of hydrogen-bond acceptors (Lipinski definition) is 5. The van der Waals surface area contributed by atoms with Gasteiger partial charge in [-0.05, 0) is 12.8 Å². The summed E-state index contributed by atoms with van der Waals surface area (Å²) in [5.74, 6) is 0.107. The highest BCUT2D eigenvalue weighted by molar-refractivity contribution is 5.81. The van der Waals surface area contributed by atoms with Crippen molar-refractivity contribution in [2.75, 3.05) is 40.5 Å². The Morgan fingerprint density at radius 2 is 1.80 bits per heavy atom. The molecule has 1 amide bonds. The van der Waals surface area contributed by atoms with Crippen LogP contribution in [0.4, 0.5) is 0 Å². The third-order valence-electron chi connectivity index (χ3n) is 3.03. The van der Waals surface area contributed by atoms with Gasteiger partial charge in [0.2, 0.25) is 5.91 Å². The number of carbonyl (C=O) groups is 2. The third kappa shape index (κ3) is 8.12. The van der Waals surface area contributed by atoms with E-state index in [0.29, 0.717) is 32.2 Å². The van der Waals surface area contributed by atoms with Crippen molar-refractivity contribution in [1.29, 1.82) is 0 Å². The monoisotopic (exact) mass is 288 g/mol. The molecule has 0 aromatic rings. The summed E-state index contributed by atoms with van der Waals surface area (Å²) in [5, 5.41) is 2.90. The lowest BCUT2D eigenvalue weighted by atomic mass is 10.2. The molecule has 0 aliphatic carbocycles. The Balaban J connectivity index is 4.41. The fourth-order valence-corrected chi connectivity index (χ4v) is 1.66. The van der Waals surface area contributed by atoms with Gasteiger partial charge < -0.3 is 14.8 Å². The molecule has 6 heteroatoms. The Labute approximate surface area is 121 Å². The van der Waals surface area contributed by atoms with E-state index in [1.54, 1.807) is 7.11 Å². The maximum absolute atomic E-state index is 12.1. The zero-order chi connectivity index (χ0) is 15.5. The molecular weight excluding hydrogens is 260 g/mol. The average Bonchev–Trinajstić information content (AvgIpc) is 2.43. The molecule has 0 rings (SSSR count). The number of carbonyl (C=O) groups excluding carboxylic acids is 2. The first kappa shape index (κ1) is 18.9. The van der Waals surface area contributed by atoms with E-state index in [1.165, 1.54) is 7.11 Å². The van der Waals surface area contributed by atoms with Gasteiger partial charge in [-0.3, -0.25) is 14.5 Å². The smallest absolute Gasteiger partial charge is 0.306 e. The van der Waals surface area contributed by atoms with Crippen molar-refractivity contribution in [3.05, 3.63) is 0 Å². The predicted octanol–water partition coefficient (Wildman–Crippen LogP) is 0.659. The van der Waals surface area contributed by atoms with Crippen LogP contribution in [0.5, 0.6) is 0 Å². The van der Waals surface area contributed by atoms with E-state index >= 15 is 0 Å². The minimum Gasteiger partial charge on any atom is -0.469 e. The molecule has 0 saturated heterocycles. The number of methoxy groups -OCH3 is 2. The maximum Gasteiger partial charge on any atom is 0.306 e. The van der Waals surface area contributed by atoms with Crippen molar-refractivity contribution < 1.29 is 19.1 Å². The second kappa shape index (κ2) is 10.6. The largest absolute Gasteiger partial charge is 0.469 e. The van der Waals surface area contributed by atoms with Crippen LogP contribution in [0.2, 0.25) is 0 Å². The highest BCUT2D eigenvalue weighted by Gasteiger charge is 2.21. The topological polar surface area (TPSA) is 67.9 Å². The first-order valence-corrected chi connectivity index (χ1v) is 6.99. The third-order valence-corrected chi connectivity index (χ3v) is 3.03. The molecule has 0 aliphatic heterocycles. The van der Waals surface area contributed by atoms with E-state index in [2.05, 4.69) is 10.1 Å². The molecule has 118 valence electrons. The van der Waals surface area contributed by atoms with Gasteiger partial charge in [0.25, 0.3) is 0 Å². The van der Waals surface area contributed by atoms with Crippen LogP contribution < -0.4 is 5.32 Å². The summed E-state index contributed by atoms with van der Waals surface area (Å²) in [4.78, 5) is 25.2. The first-order valence-electron chi connectivity index (χ1n) is 6.99. The second-order valence-electron chi connectivity index (χ2n) is 5.17. The normalized spacial score (nSPS) is 12.6. The number of ether oxygens (including phenoxy) is 2. The van der Waals surface area contributed by atoms with E-state index < -0.39 is 0 Å². The lowest BCUT2D eigenvalue weighted by molar-refractivity contribution is -0.141. The number of nitrogens with zero attached hydrogens (tertiary/aromatic N) is 1. The molecule has 1 unspecified atom stereocenters. The molecule has 0 spiro atoms. The fourth-order valence-electron chi connectivity index (χ4n) is 1.66. The van der Waals surface area contributed by atoms with Crippen molar-refractivity contribution in [3.63, 3.8) is 0 Å². The molecule has 0 saturated carbocycles. The van der Waals surface area contributed by atoms with Crippen molar-refractivity contribution in [1.82, 2.24) is 10.2 Å². The van der Waals surface area contributed by atoms with Gasteiger partial charge in [-0.2, -0.15) is 0 Å². The summed E-state index contributed by atoms with van der Waals surface area (Å²) >= 11 is 0. The van der Waals surface area contributed by atoms with Crippen LogP contribution >= 0.6 is 0 Å². The zero-order valence-corrected chi connectivity index (χ0v) is 13.3. The van der Waals surface area contributed by atoms with Crippen LogP contribution in [0, 0.1) is 5.92 Å². The molecule has 1 N–H and O–H groups in total. The molecule has 6 nitrogen and oxygen atoms in total. The predicted molar refractivity (Wildman–Crippen MR) is 77.4 cm³/mol. The van der Waals surface area contributed by atoms with Crippen LogP contribution in [0.15, 0.2) is 0 Å². The summed E-state index contributed by atoms with van der Waals surface area (Å²) in [7, 11) is 2.97. The second-order valence-corrected chi connectivity index (χ2v) is 5.17. The number of nitrogens with one attached hydrogen (secondary N) is 1. The van der Waals surface area contributed by atoms with Gasteiger partial charge in [0, 0.05) is 26.7 Å². The molecule has 0 fully saturated rings. The minimum atomic E-state index is -0.298. The Morgan fingerprint density at radius 3 is 2.30 bits per heavy atom. The molecule has 1 atom stereocenters. The summed E-state index contributed by atoms with van der Waals surface area (Å²) in [6, 6.07) is -0.298. The number of rotatable bonds is 10. The van der Waals surface area contributed by atoms with Crippen LogP contribution in [-0.2, 0) is 19.1 Å². The molecule has 0 aromatic heterocycles. The van der Waals surface area contributed by atoms with E-state index in [-0.39, 0.29) is 24.3 Å². The van der Waals surface area contributed by atoms with E-state index in [0.717, 1.165) is 0 Å². The molecule has 0 aliphatic rings. The highest BCUT2D eigenvalue weighted by Crippen LogP contribution is 2.02. The lowest BCUT2D eigenvalue weighted by Gasteiger charge is -2.27. The first-order chi connectivity index (χ1) is 9.42. The number of esters is 1. The summed E-state index contributed by atoms with van der Waals surface area (Å²) in [6.45, 7) is 8.18. The van der Waals surface area contributed by atoms with E-state index in [4.69, 9.17) is 4.74 Å². The van der Waals surface area contributed by atoms with Gasteiger partial charge in [0.05, 0.1) is 26.2 Å². The van der Waals surface area contributed by atoms with E-state index in [9.17, 15) is 9.59 Å². The summed E-state index contributed by atoms with van der Waals surface area (Å²) in [5.41, 5.74) is 0. The van der Waals surface area contributed by atoms with Gasteiger partial charge in [-0.25, -0.2) is 0 Å². The van der Waals surface area contributed by atoms with Gasteiger partial charge in [-0.1, -0.05) is 13.8 Å². The summed E-state index contributed by atoms with van der Waals surface area (Å²) < 4.78 is 9.67. The average molecular weight is 288 g/mol. The SMILES string of the molecule is COCCN(CCC(=O)OC)C(C)C(=O)NCC(C)C. The van der Waals surface area contributed by atoms with Gasteiger partial charge in [0.15, 0.2) is 0 Å². The van der Waals surface area contributed by atoms with Gasteiger partial charge >= 0.3 is 5.97 Å².